The molecular weight excluding hydrogens is 188 g/mol. The Balaban J connectivity index is 1.59. The van der Waals surface area contributed by atoms with Crippen molar-refractivity contribution in [1.82, 2.24) is 20.4 Å². The van der Waals surface area contributed by atoms with E-state index in [1.807, 2.05) is 12.1 Å². The lowest BCUT2D eigenvalue weighted by molar-refractivity contribution is 0.335. The number of likely N-dealkylation sites (tertiary alicyclic amines) is 1. The summed E-state index contributed by atoms with van der Waals surface area (Å²) in [5.74, 6) is 0. The average Bonchev–Trinajstić information content (AvgIpc) is 2.79. The fourth-order valence-corrected chi connectivity index (χ4v) is 1.89. The van der Waals surface area contributed by atoms with E-state index >= 15 is 0 Å². The number of hydrogen-bond acceptors (Lipinski definition) is 4. The molecule has 0 aliphatic carbocycles. The summed E-state index contributed by atoms with van der Waals surface area (Å²) < 4.78 is 0. The van der Waals surface area contributed by atoms with Crippen molar-refractivity contribution in [2.75, 3.05) is 26.2 Å². The van der Waals surface area contributed by atoms with E-state index < -0.39 is 0 Å². The van der Waals surface area contributed by atoms with Gasteiger partial charge in [0.25, 0.3) is 0 Å². The third-order valence-electron chi connectivity index (χ3n) is 2.74. The number of rotatable bonds is 5. The Bertz CT molecular complexity index is 269. The maximum absolute atomic E-state index is 4.02. The van der Waals surface area contributed by atoms with Crippen molar-refractivity contribution in [3.8, 4) is 0 Å². The zero-order valence-corrected chi connectivity index (χ0v) is 9.02. The number of nitrogens with zero attached hydrogens (tertiary/aromatic N) is 3. The zero-order valence-electron chi connectivity index (χ0n) is 9.02. The molecule has 1 aromatic heterocycles. The van der Waals surface area contributed by atoms with E-state index in [2.05, 4.69) is 20.4 Å². The minimum absolute atomic E-state index is 0.821. The molecule has 1 saturated heterocycles. The monoisotopic (exact) mass is 206 g/mol. The molecule has 1 aliphatic heterocycles. The Morgan fingerprint density at radius 3 is 2.93 bits per heavy atom. The average molecular weight is 206 g/mol. The van der Waals surface area contributed by atoms with Crippen LogP contribution in [0.25, 0.3) is 0 Å². The Kier molecular flexibility index (Phi) is 4.05. The van der Waals surface area contributed by atoms with Gasteiger partial charge in [0.2, 0.25) is 0 Å². The van der Waals surface area contributed by atoms with Crippen molar-refractivity contribution < 1.29 is 0 Å². The summed E-state index contributed by atoms with van der Waals surface area (Å²) in [5, 5.41) is 11.2. The van der Waals surface area contributed by atoms with Crippen LogP contribution in [0.2, 0.25) is 0 Å². The summed E-state index contributed by atoms with van der Waals surface area (Å²) in [4.78, 5) is 2.50. The van der Waals surface area contributed by atoms with Crippen LogP contribution in [0, 0.1) is 0 Å². The topological polar surface area (TPSA) is 41.1 Å². The summed E-state index contributed by atoms with van der Waals surface area (Å²) in [7, 11) is 0. The molecule has 2 rings (SSSR count). The highest BCUT2D eigenvalue weighted by Crippen LogP contribution is 2.05. The predicted molar refractivity (Wildman–Crippen MR) is 59.4 cm³/mol. The quantitative estimate of drug-likeness (QED) is 0.719. The molecule has 82 valence electrons. The Hall–Kier alpha value is -1.00. The summed E-state index contributed by atoms with van der Waals surface area (Å²) in [6.45, 7) is 5.55. The standard InChI is InChI=1S/C11H18N4/c1-2-8-15(7-1)9-6-12-10-11-4-3-5-13-14-11/h3-5,12H,1-2,6-10H2. The van der Waals surface area contributed by atoms with Crippen LogP contribution in [-0.2, 0) is 6.54 Å². The van der Waals surface area contributed by atoms with E-state index in [9.17, 15) is 0 Å². The highest BCUT2D eigenvalue weighted by atomic mass is 15.2. The molecule has 0 atom stereocenters. The van der Waals surface area contributed by atoms with Gasteiger partial charge in [-0.2, -0.15) is 10.2 Å². The molecule has 1 aliphatic rings. The molecule has 0 unspecified atom stereocenters. The molecule has 1 aromatic rings. The largest absolute Gasteiger partial charge is 0.310 e. The first kappa shape index (κ1) is 10.5. The molecule has 15 heavy (non-hydrogen) atoms. The van der Waals surface area contributed by atoms with Gasteiger partial charge < -0.3 is 10.2 Å². The number of hydrogen-bond donors (Lipinski definition) is 1. The lowest BCUT2D eigenvalue weighted by atomic mass is 10.4. The van der Waals surface area contributed by atoms with E-state index in [1.54, 1.807) is 6.20 Å². The van der Waals surface area contributed by atoms with Crippen LogP contribution in [0.5, 0.6) is 0 Å². The van der Waals surface area contributed by atoms with E-state index in [0.29, 0.717) is 0 Å². The second kappa shape index (κ2) is 5.78. The van der Waals surface area contributed by atoms with Crippen molar-refractivity contribution in [3.05, 3.63) is 24.0 Å². The minimum atomic E-state index is 0.821. The first-order valence-electron chi connectivity index (χ1n) is 5.65. The van der Waals surface area contributed by atoms with Gasteiger partial charge in [0.15, 0.2) is 0 Å². The van der Waals surface area contributed by atoms with Gasteiger partial charge in [-0.25, -0.2) is 0 Å². The normalized spacial score (nSPS) is 17.1. The first-order valence-corrected chi connectivity index (χ1v) is 5.65. The maximum atomic E-state index is 4.02. The van der Waals surface area contributed by atoms with Crippen LogP contribution >= 0.6 is 0 Å². The van der Waals surface area contributed by atoms with E-state index in [0.717, 1.165) is 25.3 Å². The van der Waals surface area contributed by atoms with Gasteiger partial charge in [0.1, 0.15) is 0 Å². The van der Waals surface area contributed by atoms with Crippen molar-refractivity contribution in [2.45, 2.75) is 19.4 Å². The van der Waals surface area contributed by atoms with E-state index in [1.165, 1.54) is 25.9 Å². The lowest BCUT2D eigenvalue weighted by Crippen LogP contribution is -2.29. The predicted octanol–water partition coefficient (Wildman–Crippen LogP) is 0.662. The highest BCUT2D eigenvalue weighted by Gasteiger charge is 2.09. The molecule has 0 aromatic carbocycles. The van der Waals surface area contributed by atoms with Crippen LogP contribution in [0.1, 0.15) is 18.5 Å². The maximum Gasteiger partial charge on any atom is 0.0768 e. The van der Waals surface area contributed by atoms with Crippen LogP contribution in [0.15, 0.2) is 18.3 Å². The first-order chi connectivity index (χ1) is 7.45. The second-order valence-corrected chi connectivity index (χ2v) is 3.94. The summed E-state index contributed by atoms with van der Waals surface area (Å²) in [6, 6.07) is 3.92. The molecule has 0 amide bonds. The van der Waals surface area contributed by atoms with E-state index in [4.69, 9.17) is 0 Å². The summed E-state index contributed by atoms with van der Waals surface area (Å²) in [6.07, 6.45) is 4.43. The molecule has 0 spiro atoms. The summed E-state index contributed by atoms with van der Waals surface area (Å²) >= 11 is 0. The smallest absolute Gasteiger partial charge is 0.0768 e. The molecule has 4 nitrogen and oxygen atoms in total. The van der Waals surface area contributed by atoms with Gasteiger partial charge in [-0.3, -0.25) is 0 Å². The second-order valence-electron chi connectivity index (χ2n) is 3.94. The summed E-state index contributed by atoms with van der Waals surface area (Å²) in [5.41, 5.74) is 1.01. The fraction of sp³-hybridized carbons (Fsp3) is 0.636. The molecule has 0 saturated carbocycles. The zero-order chi connectivity index (χ0) is 10.3. The molecule has 2 heterocycles. The van der Waals surface area contributed by atoms with Crippen molar-refractivity contribution in [1.29, 1.82) is 0 Å². The fourth-order valence-electron chi connectivity index (χ4n) is 1.89. The van der Waals surface area contributed by atoms with Crippen molar-refractivity contribution in [2.24, 2.45) is 0 Å². The van der Waals surface area contributed by atoms with Crippen LogP contribution in [0.4, 0.5) is 0 Å². The Morgan fingerprint density at radius 2 is 2.20 bits per heavy atom. The number of aromatic nitrogens is 2. The number of nitrogens with one attached hydrogen (secondary N) is 1. The minimum Gasteiger partial charge on any atom is -0.310 e. The SMILES string of the molecule is c1cnnc(CNCCN2CCCC2)c1. The van der Waals surface area contributed by atoms with Crippen LogP contribution in [-0.4, -0.2) is 41.3 Å². The van der Waals surface area contributed by atoms with Gasteiger partial charge in [-0.1, -0.05) is 0 Å². The van der Waals surface area contributed by atoms with Gasteiger partial charge in [0, 0.05) is 25.8 Å². The Labute approximate surface area is 90.7 Å². The Morgan fingerprint density at radius 1 is 1.33 bits per heavy atom. The van der Waals surface area contributed by atoms with Gasteiger partial charge in [0.05, 0.1) is 5.69 Å². The third kappa shape index (κ3) is 3.57. The molecule has 0 bridgehead atoms. The molecule has 0 radical (unpaired) electrons. The van der Waals surface area contributed by atoms with Crippen molar-refractivity contribution >= 4 is 0 Å². The van der Waals surface area contributed by atoms with Crippen molar-refractivity contribution in [3.63, 3.8) is 0 Å². The van der Waals surface area contributed by atoms with Gasteiger partial charge in [-0.15, -0.1) is 0 Å². The third-order valence-corrected chi connectivity index (χ3v) is 2.74. The van der Waals surface area contributed by atoms with Crippen LogP contribution < -0.4 is 5.32 Å². The highest BCUT2D eigenvalue weighted by molar-refractivity contribution is 4.98. The van der Waals surface area contributed by atoms with E-state index in [-0.39, 0.29) is 0 Å². The molecule has 1 fully saturated rings. The van der Waals surface area contributed by atoms with Gasteiger partial charge in [-0.05, 0) is 38.1 Å². The molecular formula is C11H18N4. The molecule has 4 heteroatoms. The van der Waals surface area contributed by atoms with Gasteiger partial charge >= 0.3 is 0 Å². The lowest BCUT2D eigenvalue weighted by Gasteiger charge is -2.14. The molecule has 1 N–H and O–H groups in total. The van der Waals surface area contributed by atoms with Crippen LogP contribution in [0.3, 0.4) is 0 Å².